The number of nitrogens with zero attached hydrogens (tertiary/aromatic N) is 2. The molecule has 0 aliphatic rings. The smallest absolute Gasteiger partial charge is 0.0697 e. The first kappa shape index (κ1) is 13.8. The summed E-state index contributed by atoms with van der Waals surface area (Å²) < 4.78 is 0. The molecule has 0 atom stereocenters. The Morgan fingerprint density at radius 2 is 2.05 bits per heavy atom. The summed E-state index contributed by atoms with van der Waals surface area (Å²) in [5.41, 5.74) is 4.96. The van der Waals surface area contributed by atoms with Gasteiger partial charge in [-0.15, -0.1) is 0 Å². The molecule has 19 heavy (non-hydrogen) atoms. The fraction of sp³-hybridized carbons (Fsp3) is 0.438. The molecule has 3 heteroatoms. The normalized spacial score (nSPS) is 11.2. The number of hydrogen-bond donors (Lipinski definition) is 1. The van der Waals surface area contributed by atoms with Crippen LogP contribution in [-0.2, 0) is 6.54 Å². The third-order valence-corrected chi connectivity index (χ3v) is 3.47. The number of aryl methyl sites for hydroxylation is 1. The van der Waals surface area contributed by atoms with E-state index >= 15 is 0 Å². The van der Waals surface area contributed by atoms with E-state index in [1.165, 1.54) is 29.5 Å². The molecule has 0 amide bonds. The van der Waals surface area contributed by atoms with Gasteiger partial charge in [-0.2, -0.15) is 5.10 Å². The molecule has 1 N–H and O–H groups in total. The van der Waals surface area contributed by atoms with Crippen LogP contribution in [0.1, 0.15) is 30.9 Å². The summed E-state index contributed by atoms with van der Waals surface area (Å²) in [5.74, 6) is 0. The molecule has 0 spiro atoms. The minimum Gasteiger partial charge on any atom is -0.302 e. The van der Waals surface area contributed by atoms with Gasteiger partial charge in [0, 0.05) is 17.7 Å². The van der Waals surface area contributed by atoms with Crippen LogP contribution in [0, 0.1) is 6.92 Å². The number of aromatic amines is 1. The quantitative estimate of drug-likeness (QED) is 0.857. The maximum atomic E-state index is 4.22. The first-order valence-corrected chi connectivity index (χ1v) is 6.99. The molecule has 0 radical (unpaired) electrons. The highest BCUT2D eigenvalue weighted by Gasteiger charge is 2.11. The SMILES string of the molecule is CCCCN(C)Cc1cn[nH]c1-c1ccccc1C. The van der Waals surface area contributed by atoms with Gasteiger partial charge in [-0.3, -0.25) is 5.10 Å². The van der Waals surface area contributed by atoms with Crippen molar-refractivity contribution in [2.45, 2.75) is 33.2 Å². The molecule has 1 aromatic heterocycles. The average Bonchev–Trinajstić information content (AvgIpc) is 2.85. The highest BCUT2D eigenvalue weighted by atomic mass is 15.1. The van der Waals surface area contributed by atoms with Crippen LogP contribution in [0.4, 0.5) is 0 Å². The van der Waals surface area contributed by atoms with Crippen LogP contribution in [0.3, 0.4) is 0 Å². The summed E-state index contributed by atoms with van der Waals surface area (Å²) in [7, 11) is 2.17. The number of benzene rings is 1. The lowest BCUT2D eigenvalue weighted by Crippen LogP contribution is -2.19. The summed E-state index contributed by atoms with van der Waals surface area (Å²) in [6.45, 7) is 6.44. The topological polar surface area (TPSA) is 31.9 Å². The van der Waals surface area contributed by atoms with Gasteiger partial charge < -0.3 is 4.90 Å². The van der Waals surface area contributed by atoms with Crippen LogP contribution < -0.4 is 0 Å². The summed E-state index contributed by atoms with van der Waals surface area (Å²) >= 11 is 0. The molecule has 0 unspecified atom stereocenters. The van der Waals surface area contributed by atoms with E-state index in [0.29, 0.717) is 0 Å². The third-order valence-electron chi connectivity index (χ3n) is 3.47. The Morgan fingerprint density at radius 1 is 1.26 bits per heavy atom. The van der Waals surface area contributed by atoms with Crippen molar-refractivity contribution in [3.63, 3.8) is 0 Å². The number of aromatic nitrogens is 2. The van der Waals surface area contributed by atoms with E-state index in [0.717, 1.165) is 18.8 Å². The van der Waals surface area contributed by atoms with Gasteiger partial charge in [0.05, 0.1) is 11.9 Å². The van der Waals surface area contributed by atoms with Crippen LogP contribution in [0.5, 0.6) is 0 Å². The van der Waals surface area contributed by atoms with Crippen molar-refractivity contribution in [3.05, 3.63) is 41.6 Å². The Labute approximate surface area is 115 Å². The van der Waals surface area contributed by atoms with Gasteiger partial charge in [0.15, 0.2) is 0 Å². The van der Waals surface area contributed by atoms with Crippen LogP contribution in [-0.4, -0.2) is 28.7 Å². The second-order valence-corrected chi connectivity index (χ2v) is 5.18. The maximum absolute atomic E-state index is 4.22. The highest BCUT2D eigenvalue weighted by molar-refractivity contribution is 5.66. The molecular weight excluding hydrogens is 234 g/mol. The van der Waals surface area contributed by atoms with E-state index in [1.807, 2.05) is 6.20 Å². The molecule has 2 aromatic rings. The van der Waals surface area contributed by atoms with Gasteiger partial charge in [-0.05, 0) is 32.5 Å². The number of rotatable bonds is 6. The summed E-state index contributed by atoms with van der Waals surface area (Å²) in [6.07, 6.45) is 4.43. The Bertz CT molecular complexity index is 516. The number of unbranched alkanes of at least 4 members (excludes halogenated alkanes) is 1. The maximum Gasteiger partial charge on any atom is 0.0697 e. The molecular formula is C16H23N3. The Morgan fingerprint density at radius 3 is 2.79 bits per heavy atom. The van der Waals surface area contributed by atoms with E-state index in [-0.39, 0.29) is 0 Å². The molecule has 3 nitrogen and oxygen atoms in total. The van der Waals surface area contributed by atoms with E-state index in [9.17, 15) is 0 Å². The fourth-order valence-corrected chi connectivity index (χ4v) is 2.32. The molecule has 0 aliphatic heterocycles. The molecule has 0 saturated heterocycles. The van der Waals surface area contributed by atoms with E-state index < -0.39 is 0 Å². The van der Waals surface area contributed by atoms with Crippen molar-refractivity contribution in [1.82, 2.24) is 15.1 Å². The summed E-state index contributed by atoms with van der Waals surface area (Å²) in [5, 5.41) is 7.37. The number of H-pyrrole nitrogens is 1. The first-order chi connectivity index (χ1) is 9.22. The highest BCUT2D eigenvalue weighted by Crippen LogP contribution is 2.25. The van der Waals surface area contributed by atoms with Crippen LogP contribution in [0.2, 0.25) is 0 Å². The zero-order valence-electron chi connectivity index (χ0n) is 12.1. The lowest BCUT2D eigenvalue weighted by molar-refractivity contribution is 0.321. The largest absolute Gasteiger partial charge is 0.302 e. The Kier molecular flexibility index (Phi) is 4.74. The second kappa shape index (κ2) is 6.53. The lowest BCUT2D eigenvalue weighted by atomic mass is 10.0. The van der Waals surface area contributed by atoms with Crippen molar-refractivity contribution in [2.24, 2.45) is 0 Å². The third kappa shape index (κ3) is 3.44. The Hall–Kier alpha value is -1.61. The molecule has 102 valence electrons. The molecule has 0 saturated carbocycles. The van der Waals surface area contributed by atoms with E-state index in [1.54, 1.807) is 0 Å². The zero-order valence-corrected chi connectivity index (χ0v) is 12.1. The van der Waals surface area contributed by atoms with Crippen LogP contribution in [0.15, 0.2) is 30.5 Å². The molecule has 1 aromatic carbocycles. The summed E-state index contributed by atoms with van der Waals surface area (Å²) in [6, 6.07) is 8.44. The first-order valence-electron chi connectivity index (χ1n) is 6.99. The Balaban J connectivity index is 2.16. The minimum absolute atomic E-state index is 0.945. The minimum atomic E-state index is 0.945. The lowest BCUT2D eigenvalue weighted by Gasteiger charge is -2.16. The molecule has 0 bridgehead atoms. The predicted molar refractivity (Wildman–Crippen MR) is 80.0 cm³/mol. The summed E-state index contributed by atoms with van der Waals surface area (Å²) in [4.78, 5) is 2.36. The van der Waals surface area contributed by atoms with Gasteiger partial charge in [0.25, 0.3) is 0 Å². The van der Waals surface area contributed by atoms with Gasteiger partial charge in [0.1, 0.15) is 0 Å². The monoisotopic (exact) mass is 257 g/mol. The van der Waals surface area contributed by atoms with Gasteiger partial charge >= 0.3 is 0 Å². The average molecular weight is 257 g/mol. The number of nitrogens with one attached hydrogen (secondary N) is 1. The van der Waals surface area contributed by atoms with Crippen molar-refractivity contribution < 1.29 is 0 Å². The van der Waals surface area contributed by atoms with Crippen molar-refractivity contribution >= 4 is 0 Å². The van der Waals surface area contributed by atoms with Gasteiger partial charge in [-0.25, -0.2) is 0 Å². The van der Waals surface area contributed by atoms with Crippen LogP contribution in [0.25, 0.3) is 11.3 Å². The van der Waals surface area contributed by atoms with E-state index in [2.05, 4.69) is 60.3 Å². The van der Waals surface area contributed by atoms with E-state index in [4.69, 9.17) is 0 Å². The van der Waals surface area contributed by atoms with Crippen molar-refractivity contribution in [3.8, 4) is 11.3 Å². The van der Waals surface area contributed by atoms with Crippen LogP contribution >= 0.6 is 0 Å². The standard InChI is InChI=1S/C16H23N3/c1-4-5-10-19(3)12-14-11-17-18-16(14)15-9-7-6-8-13(15)2/h6-9,11H,4-5,10,12H2,1-3H3,(H,17,18). The number of hydrogen-bond acceptors (Lipinski definition) is 2. The predicted octanol–water partition coefficient (Wildman–Crippen LogP) is 3.62. The molecule has 0 aliphatic carbocycles. The fourth-order valence-electron chi connectivity index (χ4n) is 2.32. The molecule has 0 fully saturated rings. The van der Waals surface area contributed by atoms with Crippen molar-refractivity contribution in [1.29, 1.82) is 0 Å². The zero-order chi connectivity index (χ0) is 13.7. The van der Waals surface area contributed by atoms with Gasteiger partial charge in [0.2, 0.25) is 0 Å². The van der Waals surface area contributed by atoms with Gasteiger partial charge in [-0.1, -0.05) is 37.6 Å². The second-order valence-electron chi connectivity index (χ2n) is 5.18. The molecule has 2 rings (SSSR count). The van der Waals surface area contributed by atoms with Crippen molar-refractivity contribution in [2.75, 3.05) is 13.6 Å². The molecule has 1 heterocycles.